The summed E-state index contributed by atoms with van der Waals surface area (Å²) in [4.78, 5) is 18.3. The lowest BCUT2D eigenvalue weighted by atomic mass is 10.1. The van der Waals surface area contributed by atoms with E-state index in [0.29, 0.717) is 11.4 Å². The van der Waals surface area contributed by atoms with Crippen LogP contribution in [0, 0.1) is 0 Å². The van der Waals surface area contributed by atoms with Crippen LogP contribution in [0.4, 0.5) is 0 Å². The summed E-state index contributed by atoms with van der Waals surface area (Å²) in [7, 11) is 0. The predicted octanol–water partition coefficient (Wildman–Crippen LogP) is 0.517. The van der Waals surface area contributed by atoms with Crippen molar-refractivity contribution < 1.29 is 4.79 Å². The van der Waals surface area contributed by atoms with Crippen LogP contribution >= 0.6 is 0 Å². The fourth-order valence-electron chi connectivity index (χ4n) is 2.19. The van der Waals surface area contributed by atoms with Crippen molar-refractivity contribution in [3.8, 4) is 11.4 Å². The topological polar surface area (TPSA) is 73.9 Å². The van der Waals surface area contributed by atoms with Crippen LogP contribution < -0.4 is 5.32 Å². The van der Waals surface area contributed by atoms with Gasteiger partial charge < -0.3 is 10.2 Å². The number of aromatic nitrogens is 3. The van der Waals surface area contributed by atoms with Crippen molar-refractivity contribution in [2.24, 2.45) is 0 Å². The van der Waals surface area contributed by atoms with E-state index < -0.39 is 0 Å². The van der Waals surface area contributed by atoms with Crippen molar-refractivity contribution in [2.45, 2.75) is 0 Å². The van der Waals surface area contributed by atoms with Gasteiger partial charge in [-0.1, -0.05) is 12.1 Å². The molecule has 1 aliphatic heterocycles. The Labute approximate surface area is 110 Å². The lowest BCUT2D eigenvalue weighted by Gasteiger charge is -2.27. The highest BCUT2D eigenvalue weighted by Crippen LogP contribution is 2.16. The number of nitrogens with zero attached hydrogens (tertiary/aromatic N) is 3. The standard InChI is InChI=1S/C13H15N5O/c19-13(18-6-4-14-5-7-18)11-3-1-2-10(8-11)12-15-9-16-17-12/h1-3,8-9,14H,4-7H2,(H,15,16,17). The maximum Gasteiger partial charge on any atom is 0.253 e. The summed E-state index contributed by atoms with van der Waals surface area (Å²) in [6.45, 7) is 3.22. The summed E-state index contributed by atoms with van der Waals surface area (Å²) < 4.78 is 0. The molecule has 0 bridgehead atoms. The summed E-state index contributed by atoms with van der Waals surface area (Å²) in [5.41, 5.74) is 1.56. The minimum atomic E-state index is 0.0721. The van der Waals surface area contributed by atoms with Crippen molar-refractivity contribution in [3.05, 3.63) is 36.2 Å². The van der Waals surface area contributed by atoms with Gasteiger partial charge in [0.25, 0.3) is 5.91 Å². The van der Waals surface area contributed by atoms with Gasteiger partial charge in [-0.05, 0) is 12.1 Å². The molecule has 2 aromatic rings. The normalized spacial score (nSPS) is 15.5. The number of nitrogens with one attached hydrogen (secondary N) is 2. The number of H-pyrrole nitrogens is 1. The quantitative estimate of drug-likeness (QED) is 0.822. The zero-order chi connectivity index (χ0) is 13.1. The third kappa shape index (κ3) is 2.48. The molecule has 1 aromatic heterocycles. The first-order chi connectivity index (χ1) is 9.34. The highest BCUT2D eigenvalue weighted by molar-refractivity contribution is 5.95. The summed E-state index contributed by atoms with van der Waals surface area (Å²) >= 11 is 0. The zero-order valence-corrected chi connectivity index (χ0v) is 10.5. The molecule has 1 fully saturated rings. The van der Waals surface area contributed by atoms with E-state index in [9.17, 15) is 4.79 Å². The molecule has 2 heterocycles. The lowest BCUT2D eigenvalue weighted by Crippen LogP contribution is -2.46. The lowest BCUT2D eigenvalue weighted by molar-refractivity contribution is 0.0736. The zero-order valence-electron chi connectivity index (χ0n) is 10.5. The molecular weight excluding hydrogens is 242 g/mol. The van der Waals surface area contributed by atoms with Gasteiger partial charge in [0.05, 0.1) is 0 Å². The third-order valence-electron chi connectivity index (χ3n) is 3.20. The molecule has 0 saturated carbocycles. The number of carbonyl (C=O) groups is 1. The van der Waals surface area contributed by atoms with Crippen molar-refractivity contribution in [2.75, 3.05) is 26.2 Å². The summed E-state index contributed by atoms with van der Waals surface area (Å²) in [6.07, 6.45) is 1.46. The van der Waals surface area contributed by atoms with Crippen LogP contribution in [-0.2, 0) is 0 Å². The number of hydrogen-bond acceptors (Lipinski definition) is 4. The summed E-state index contributed by atoms with van der Waals surface area (Å²) in [6, 6.07) is 7.47. The van der Waals surface area contributed by atoms with Gasteiger partial charge in [0, 0.05) is 37.3 Å². The average Bonchev–Trinajstić information content (AvgIpc) is 3.02. The second-order valence-corrected chi connectivity index (χ2v) is 4.46. The van der Waals surface area contributed by atoms with E-state index in [0.717, 1.165) is 31.7 Å². The number of hydrogen-bond donors (Lipinski definition) is 2. The Hall–Kier alpha value is -2.21. The molecule has 3 rings (SSSR count). The molecule has 1 amide bonds. The van der Waals surface area contributed by atoms with Crippen molar-refractivity contribution in [1.82, 2.24) is 25.4 Å². The van der Waals surface area contributed by atoms with Crippen LogP contribution in [0.25, 0.3) is 11.4 Å². The van der Waals surface area contributed by atoms with Crippen LogP contribution in [-0.4, -0.2) is 52.2 Å². The van der Waals surface area contributed by atoms with Gasteiger partial charge in [-0.15, -0.1) is 0 Å². The van der Waals surface area contributed by atoms with Crippen LogP contribution in [0.3, 0.4) is 0 Å². The molecule has 1 saturated heterocycles. The first-order valence-corrected chi connectivity index (χ1v) is 6.30. The van der Waals surface area contributed by atoms with Crippen LogP contribution in [0.15, 0.2) is 30.6 Å². The molecule has 1 aliphatic rings. The molecule has 0 atom stereocenters. The van der Waals surface area contributed by atoms with E-state index in [1.807, 2.05) is 29.2 Å². The Morgan fingerprint density at radius 2 is 2.11 bits per heavy atom. The molecular formula is C13H15N5O. The van der Waals surface area contributed by atoms with E-state index in [2.05, 4.69) is 20.5 Å². The van der Waals surface area contributed by atoms with Crippen molar-refractivity contribution >= 4 is 5.91 Å². The van der Waals surface area contributed by atoms with Gasteiger partial charge in [0.2, 0.25) is 0 Å². The first-order valence-electron chi connectivity index (χ1n) is 6.30. The van der Waals surface area contributed by atoms with Crippen LogP contribution in [0.1, 0.15) is 10.4 Å². The number of rotatable bonds is 2. The molecule has 6 heteroatoms. The van der Waals surface area contributed by atoms with Crippen LogP contribution in [0.5, 0.6) is 0 Å². The molecule has 6 nitrogen and oxygen atoms in total. The summed E-state index contributed by atoms with van der Waals surface area (Å²) in [5.74, 6) is 0.748. The maximum absolute atomic E-state index is 12.4. The fourth-order valence-corrected chi connectivity index (χ4v) is 2.19. The Morgan fingerprint density at radius 3 is 2.84 bits per heavy atom. The number of amides is 1. The van der Waals surface area contributed by atoms with Gasteiger partial charge in [-0.3, -0.25) is 9.89 Å². The second kappa shape index (κ2) is 5.19. The predicted molar refractivity (Wildman–Crippen MR) is 70.6 cm³/mol. The van der Waals surface area contributed by atoms with Gasteiger partial charge >= 0.3 is 0 Å². The number of aromatic amines is 1. The van der Waals surface area contributed by atoms with E-state index >= 15 is 0 Å². The number of piperazine rings is 1. The Morgan fingerprint density at radius 1 is 1.26 bits per heavy atom. The van der Waals surface area contributed by atoms with E-state index in [-0.39, 0.29) is 5.91 Å². The fraction of sp³-hybridized carbons (Fsp3) is 0.308. The Balaban J connectivity index is 1.84. The van der Waals surface area contributed by atoms with Gasteiger partial charge in [0.15, 0.2) is 5.82 Å². The van der Waals surface area contributed by atoms with Crippen molar-refractivity contribution in [3.63, 3.8) is 0 Å². The Kier molecular flexibility index (Phi) is 3.24. The smallest absolute Gasteiger partial charge is 0.253 e. The second-order valence-electron chi connectivity index (χ2n) is 4.46. The van der Waals surface area contributed by atoms with E-state index in [4.69, 9.17) is 0 Å². The molecule has 1 aromatic carbocycles. The van der Waals surface area contributed by atoms with E-state index in [1.165, 1.54) is 6.33 Å². The monoisotopic (exact) mass is 257 g/mol. The van der Waals surface area contributed by atoms with Crippen LogP contribution in [0.2, 0.25) is 0 Å². The highest BCUT2D eigenvalue weighted by atomic mass is 16.2. The average molecular weight is 257 g/mol. The Bertz CT molecular complexity index is 560. The molecule has 2 N–H and O–H groups in total. The molecule has 0 aliphatic carbocycles. The minimum absolute atomic E-state index is 0.0721. The molecule has 0 radical (unpaired) electrons. The third-order valence-corrected chi connectivity index (χ3v) is 3.20. The van der Waals surface area contributed by atoms with Gasteiger partial charge in [-0.25, -0.2) is 4.98 Å². The first kappa shape index (κ1) is 11.9. The van der Waals surface area contributed by atoms with E-state index in [1.54, 1.807) is 0 Å². The molecule has 98 valence electrons. The number of benzene rings is 1. The molecule has 0 unspecified atom stereocenters. The SMILES string of the molecule is O=C(c1cccc(-c2ncn[nH]2)c1)N1CCNCC1. The molecule has 19 heavy (non-hydrogen) atoms. The largest absolute Gasteiger partial charge is 0.336 e. The minimum Gasteiger partial charge on any atom is -0.336 e. The maximum atomic E-state index is 12.4. The highest BCUT2D eigenvalue weighted by Gasteiger charge is 2.18. The van der Waals surface area contributed by atoms with Gasteiger partial charge in [0.1, 0.15) is 6.33 Å². The summed E-state index contributed by atoms with van der Waals surface area (Å²) in [5, 5.41) is 9.86. The number of carbonyl (C=O) groups excluding carboxylic acids is 1. The molecule has 0 spiro atoms. The van der Waals surface area contributed by atoms with Crippen molar-refractivity contribution in [1.29, 1.82) is 0 Å². The van der Waals surface area contributed by atoms with Gasteiger partial charge in [-0.2, -0.15) is 5.10 Å².